The molecule has 0 aliphatic rings. The predicted molar refractivity (Wildman–Crippen MR) is 77.7 cm³/mol. The lowest BCUT2D eigenvalue weighted by atomic mass is 9.90. The Morgan fingerprint density at radius 3 is 2.53 bits per heavy atom. The molecule has 0 atom stereocenters. The second-order valence-corrected chi connectivity index (χ2v) is 6.12. The van der Waals surface area contributed by atoms with Gasteiger partial charge in [-0.25, -0.2) is 4.68 Å². The molecule has 4 nitrogen and oxygen atoms in total. The molecule has 0 unspecified atom stereocenters. The highest BCUT2D eigenvalue weighted by Gasteiger charge is 2.25. The van der Waals surface area contributed by atoms with Crippen LogP contribution in [0.3, 0.4) is 0 Å². The number of aryl methyl sites for hydroxylation is 1. The van der Waals surface area contributed by atoms with Crippen molar-refractivity contribution >= 4 is 11.6 Å². The summed E-state index contributed by atoms with van der Waals surface area (Å²) >= 11 is 6.00. The molecule has 2 N–H and O–H groups in total. The molecule has 0 spiro atoms. The lowest BCUT2D eigenvalue weighted by Crippen LogP contribution is -2.21. The topological polar surface area (TPSA) is 56.7 Å². The van der Waals surface area contributed by atoms with E-state index in [1.807, 2.05) is 29.8 Å². The van der Waals surface area contributed by atoms with Gasteiger partial charge in [-0.2, -0.15) is 0 Å². The zero-order valence-electron chi connectivity index (χ0n) is 11.7. The van der Waals surface area contributed by atoms with Crippen molar-refractivity contribution in [3.63, 3.8) is 0 Å². The van der Waals surface area contributed by atoms with Gasteiger partial charge >= 0.3 is 0 Å². The lowest BCUT2D eigenvalue weighted by Gasteiger charge is -2.21. The maximum atomic E-state index is 6.00. The Hall–Kier alpha value is -1.39. The van der Waals surface area contributed by atoms with Gasteiger partial charge in [0, 0.05) is 17.0 Å². The Bertz CT molecular complexity index is 596. The molecule has 1 heterocycles. The maximum absolute atomic E-state index is 6.00. The van der Waals surface area contributed by atoms with Crippen molar-refractivity contribution in [2.24, 2.45) is 5.73 Å². The van der Waals surface area contributed by atoms with Crippen molar-refractivity contribution < 1.29 is 0 Å². The van der Waals surface area contributed by atoms with Crippen molar-refractivity contribution in [3.8, 4) is 5.69 Å². The van der Waals surface area contributed by atoms with E-state index in [-0.39, 0.29) is 5.41 Å². The molecule has 0 aliphatic carbocycles. The van der Waals surface area contributed by atoms with E-state index in [1.165, 1.54) is 0 Å². The minimum atomic E-state index is -0.0791. The van der Waals surface area contributed by atoms with Crippen LogP contribution in [0.5, 0.6) is 0 Å². The number of hydrogen-bond donors (Lipinski definition) is 1. The van der Waals surface area contributed by atoms with Gasteiger partial charge in [0.15, 0.2) is 0 Å². The summed E-state index contributed by atoms with van der Waals surface area (Å²) in [6.07, 6.45) is 0. The molecule has 0 saturated heterocycles. The van der Waals surface area contributed by atoms with Gasteiger partial charge in [0.05, 0.1) is 11.4 Å². The molecule has 0 amide bonds. The van der Waals surface area contributed by atoms with E-state index < -0.39 is 0 Å². The Kier molecular flexibility index (Phi) is 3.65. The number of nitrogens with two attached hydrogens (primary N) is 1. The molecule has 102 valence electrons. The second kappa shape index (κ2) is 4.94. The summed E-state index contributed by atoms with van der Waals surface area (Å²) in [6, 6.07) is 5.75. The summed E-state index contributed by atoms with van der Waals surface area (Å²) in [4.78, 5) is 0. The van der Waals surface area contributed by atoms with Crippen LogP contribution in [-0.4, -0.2) is 15.0 Å². The van der Waals surface area contributed by atoms with Crippen LogP contribution in [0, 0.1) is 6.92 Å². The van der Waals surface area contributed by atoms with Gasteiger partial charge in [-0.1, -0.05) is 37.6 Å². The normalized spacial score (nSPS) is 11.9. The van der Waals surface area contributed by atoms with E-state index in [9.17, 15) is 0 Å². The summed E-state index contributed by atoms with van der Waals surface area (Å²) in [6.45, 7) is 8.79. The molecule has 0 saturated carbocycles. The van der Waals surface area contributed by atoms with Gasteiger partial charge in [-0.05, 0) is 30.7 Å². The standard InChI is InChI=1S/C14H19ClN4/c1-9-7-10(15)5-6-12(9)19-13(14(2,3)4)11(8-16)17-18-19/h5-7H,8,16H2,1-4H3. The monoisotopic (exact) mass is 278 g/mol. The average Bonchev–Trinajstić information content (AvgIpc) is 2.72. The molecule has 1 aromatic heterocycles. The van der Waals surface area contributed by atoms with Crippen LogP contribution >= 0.6 is 11.6 Å². The fourth-order valence-corrected chi connectivity index (χ4v) is 2.45. The van der Waals surface area contributed by atoms with E-state index in [4.69, 9.17) is 17.3 Å². The number of benzene rings is 1. The minimum Gasteiger partial charge on any atom is -0.325 e. The van der Waals surface area contributed by atoms with Crippen LogP contribution in [0.4, 0.5) is 0 Å². The van der Waals surface area contributed by atoms with E-state index >= 15 is 0 Å². The van der Waals surface area contributed by atoms with Gasteiger partial charge < -0.3 is 5.73 Å². The Labute approximate surface area is 118 Å². The van der Waals surface area contributed by atoms with Gasteiger partial charge in [0.1, 0.15) is 5.69 Å². The fourth-order valence-electron chi connectivity index (χ4n) is 2.23. The molecule has 1 aromatic carbocycles. The number of hydrogen-bond acceptors (Lipinski definition) is 3. The molecule has 0 radical (unpaired) electrons. The van der Waals surface area contributed by atoms with Crippen molar-refractivity contribution in [2.45, 2.75) is 39.7 Å². The molecule has 2 rings (SSSR count). The van der Waals surface area contributed by atoms with Crippen LogP contribution in [0.25, 0.3) is 5.69 Å². The first kappa shape index (κ1) is 14.0. The Morgan fingerprint density at radius 2 is 2.00 bits per heavy atom. The third kappa shape index (κ3) is 2.65. The van der Waals surface area contributed by atoms with E-state index in [0.717, 1.165) is 27.7 Å². The van der Waals surface area contributed by atoms with Crippen molar-refractivity contribution in [1.29, 1.82) is 0 Å². The molecular weight excluding hydrogens is 260 g/mol. The quantitative estimate of drug-likeness (QED) is 0.919. The minimum absolute atomic E-state index is 0.0791. The Balaban J connectivity index is 2.66. The van der Waals surface area contributed by atoms with Crippen LogP contribution in [0.15, 0.2) is 18.2 Å². The lowest BCUT2D eigenvalue weighted by molar-refractivity contribution is 0.537. The van der Waals surface area contributed by atoms with Crippen LogP contribution < -0.4 is 5.73 Å². The van der Waals surface area contributed by atoms with Crippen LogP contribution in [0.1, 0.15) is 37.7 Å². The maximum Gasteiger partial charge on any atom is 0.100 e. The number of halogens is 1. The number of aromatic nitrogens is 3. The number of nitrogens with zero attached hydrogens (tertiary/aromatic N) is 3. The molecule has 0 bridgehead atoms. The third-order valence-corrected chi connectivity index (χ3v) is 3.27. The molecule has 2 aromatic rings. The van der Waals surface area contributed by atoms with Crippen molar-refractivity contribution in [1.82, 2.24) is 15.0 Å². The molecule has 19 heavy (non-hydrogen) atoms. The first-order chi connectivity index (χ1) is 8.84. The van der Waals surface area contributed by atoms with Crippen LogP contribution in [-0.2, 0) is 12.0 Å². The molecule has 0 fully saturated rings. The van der Waals surface area contributed by atoms with Crippen molar-refractivity contribution in [2.75, 3.05) is 0 Å². The molecular formula is C14H19ClN4. The predicted octanol–water partition coefficient (Wildman–Crippen LogP) is 2.99. The largest absolute Gasteiger partial charge is 0.325 e. The third-order valence-electron chi connectivity index (χ3n) is 3.03. The van der Waals surface area contributed by atoms with E-state index in [1.54, 1.807) is 0 Å². The van der Waals surface area contributed by atoms with E-state index in [2.05, 4.69) is 31.1 Å². The van der Waals surface area contributed by atoms with Crippen LogP contribution in [0.2, 0.25) is 5.02 Å². The Morgan fingerprint density at radius 1 is 1.32 bits per heavy atom. The summed E-state index contributed by atoms with van der Waals surface area (Å²) in [7, 11) is 0. The second-order valence-electron chi connectivity index (χ2n) is 5.68. The average molecular weight is 279 g/mol. The van der Waals surface area contributed by atoms with Crippen molar-refractivity contribution in [3.05, 3.63) is 40.2 Å². The smallest absolute Gasteiger partial charge is 0.100 e. The summed E-state index contributed by atoms with van der Waals surface area (Å²) < 4.78 is 1.87. The summed E-state index contributed by atoms with van der Waals surface area (Å²) in [5.74, 6) is 0. The molecule has 5 heteroatoms. The summed E-state index contributed by atoms with van der Waals surface area (Å²) in [5, 5.41) is 9.17. The first-order valence-electron chi connectivity index (χ1n) is 6.26. The summed E-state index contributed by atoms with van der Waals surface area (Å²) in [5.41, 5.74) is 9.61. The molecule has 0 aliphatic heterocycles. The zero-order chi connectivity index (χ0) is 14.2. The zero-order valence-corrected chi connectivity index (χ0v) is 12.5. The SMILES string of the molecule is Cc1cc(Cl)ccc1-n1nnc(CN)c1C(C)(C)C. The fraction of sp³-hybridized carbons (Fsp3) is 0.429. The highest BCUT2D eigenvalue weighted by molar-refractivity contribution is 6.30. The highest BCUT2D eigenvalue weighted by Crippen LogP contribution is 2.28. The first-order valence-corrected chi connectivity index (χ1v) is 6.64. The number of rotatable bonds is 2. The van der Waals surface area contributed by atoms with E-state index in [0.29, 0.717) is 6.54 Å². The van der Waals surface area contributed by atoms with Gasteiger partial charge in [0.2, 0.25) is 0 Å². The highest BCUT2D eigenvalue weighted by atomic mass is 35.5. The van der Waals surface area contributed by atoms with Gasteiger partial charge in [-0.3, -0.25) is 0 Å². The van der Waals surface area contributed by atoms with Gasteiger partial charge in [0.25, 0.3) is 0 Å². The van der Waals surface area contributed by atoms with Gasteiger partial charge in [-0.15, -0.1) is 5.10 Å².